The van der Waals surface area contributed by atoms with Gasteiger partial charge in [-0.05, 0) is 37.9 Å². The highest BCUT2D eigenvalue weighted by atomic mass is 32.2. The Balaban J connectivity index is 1.61. The van der Waals surface area contributed by atoms with Crippen LogP contribution in [0.4, 0.5) is 5.69 Å². The van der Waals surface area contributed by atoms with Gasteiger partial charge in [-0.25, -0.2) is 0 Å². The maximum atomic E-state index is 12.5. The highest BCUT2D eigenvalue weighted by Crippen LogP contribution is 2.27. The highest BCUT2D eigenvalue weighted by Gasteiger charge is 2.27. The molecular weight excluding hydrogens is 284 g/mol. The predicted molar refractivity (Wildman–Crippen MR) is 86.0 cm³/mol. The van der Waals surface area contributed by atoms with Gasteiger partial charge in [0, 0.05) is 40.6 Å². The topological polar surface area (TPSA) is 40.6 Å². The fourth-order valence-electron chi connectivity index (χ4n) is 3.25. The number of carbonyl (C=O) groups is 1. The predicted octanol–water partition coefficient (Wildman–Crippen LogP) is 1.42. The number of hydrogen-bond acceptors (Lipinski definition) is 3. The van der Waals surface area contributed by atoms with E-state index in [1.807, 2.05) is 30.1 Å². The number of fused-ring (bicyclic) bond motifs is 1. The lowest BCUT2D eigenvalue weighted by molar-refractivity contribution is -0.119. The van der Waals surface area contributed by atoms with Gasteiger partial charge in [0.25, 0.3) is 0 Å². The van der Waals surface area contributed by atoms with Gasteiger partial charge < -0.3 is 4.90 Å². The summed E-state index contributed by atoms with van der Waals surface area (Å²) in [4.78, 5) is 16.6. The third kappa shape index (κ3) is 3.19. The second-order valence-electron chi connectivity index (χ2n) is 5.92. The first kappa shape index (κ1) is 14.7. The number of carbonyl (C=O) groups excluding carboxylic acids is 1. The Morgan fingerprint density at radius 2 is 2.05 bits per heavy atom. The van der Waals surface area contributed by atoms with E-state index in [-0.39, 0.29) is 5.91 Å². The SMILES string of the molecule is CN(CC(=O)N1CCc2ccccc21)C1CCS(=O)CC1. The molecular formula is C16H22N2O2S. The van der Waals surface area contributed by atoms with Crippen molar-refractivity contribution in [3.05, 3.63) is 29.8 Å². The van der Waals surface area contributed by atoms with E-state index >= 15 is 0 Å². The third-order valence-corrected chi connectivity index (χ3v) is 5.94. The molecule has 4 nitrogen and oxygen atoms in total. The summed E-state index contributed by atoms with van der Waals surface area (Å²) in [5.41, 5.74) is 2.34. The summed E-state index contributed by atoms with van der Waals surface area (Å²) in [6.07, 6.45) is 2.83. The van der Waals surface area contributed by atoms with Crippen LogP contribution in [0.1, 0.15) is 18.4 Å². The largest absolute Gasteiger partial charge is 0.311 e. The van der Waals surface area contributed by atoms with Gasteiger partial charge in [0.2, 0.25) is 5.91 Å². The molecule has 0 atom stereocenters. The summed E-state index contributed by atoms with van der Waals surface area (Å²) in [5, 5.41) is 0. The van der Waals surface area contributed by atoms with Crippen LogP contribution in [0.5, 0.6) is 0 Å². The monoisotopic (exact) mass is 306 g/mol. The molecule has 1 amide bonds. The number of amides is 1. The number of rotatable bonds is 3. The fourth-order valence-corrected chi connectivity index (χ4v) is 4.52. The molecule has 2 aliphatic rings. The van der Waals surface area contributed by atoms with Crippen molar-refractivity contribution in [2.45, 2.75) is 25.3 Å². The molecule has 0 N–H and O–H groups in total. The average Bonchev–Trinajstić information content (AvgIpc) is 2.92. The molecule has 0 bridgehead atoms. The van der Waals surface area contributed by atoms with Crippen LogP contribution < -0.4 is 4.90 Å². The van der Waals surface area contributed by atoms with Gasteiger partial charge in [-0.3, -0.25) is 13.9 Å². The number of para-hydroxylation sites is 1. The minimum Gasteiger partial charge on any atom is -0.311 e. The van der Waals surface area contributed by atoms with Gasteiger partial charge >= 0.3 is 0 Å². The molecule has 0 radical (unpaired) electrons. The van der Waals surface area contributed by atoms with E-state index in [1.54, 1.807) is 0 Å². The minimum absolute atomic E-state index is 0.175. The van der Waals surface area contributed by atoms with Gasteiger partial charge in [-0.2, -0.15) is 0 Å². The summed E-state index contributed by atoms with van der Waals surface area (Å²) < 4.78 is 11.4. The number of likely N-dealkylation sites (N-methyl/N-ethyl adjacent to an activating group) is 1. The molecule has 1 fully saturated rings. The lowest BCUT2D eigenvalue weighted by Crippen LogP contribution is -2.44. The lowest BCUT2D eigenvalue weighted by Gasteiger charge is -2.31. The number of anilines is 1. The van der Waals surface area contributed by atoms with Gasteiger partial charge in [-0.15, -0.1) is 0 Å². The quantitative estimate of drug-likeness (QED) is 0.848. The number of benzene rings is 1. The standard InChI is InChI=1S/C16H22N2O2S/c1-17(14-7-10-21(20)11-8-14)12-16(19)18-9-6-13-4-2-3-5-15(13)18/h2-5,14H,6-12H2,1H3. The van der Waals surface area contributed by atoms with Crippen LogP contribution in [-0.2, 0) is 22.0 Å². The lowest BCUT2D eigenvalue weighted by atomic mass is 10.1. The average molecular weight is 306 g/mol. The molecule has 0 aromatic heterocycles. The molecule has 0 spiro atoms. The smallest absolute Gasteiger partial charge is 0.241 e. The normalized spacial score (nSPS) is 25.1. The molecule has 114 valence electrons. The zero-order valence-electron chi connectivity index (χ0n) is 12.5. The van der Waals surface area contributed by atoms with Crippen LogP contribution in [0.2, 0.25) is 0 Å². The Labute approximate surface area is 128 Å². The second-order valence-corrected chi connectivity index (χ2v) is 7.61. The zero-order chi connectivity index (χ0) is 14.8. The molecule has 0 unspecified atom stereocenters. The van der Waals surface area contributed by atoms with E-state index in [1.165, 1.54) is 5.56 Å². The van der Waals surface area contributed by atoms with Crippen molar-refractivity contribution in [2.24, 2.45) is 0 Å². The Morgan fingerprint density at radius 1 is 1.33 bits per heavy atom. The maximum absolute atomic E-state index is 12.5. The van der Waals surface area contributed by atoms with Gasteiger partial charge in [0.15, 0.2) is 0 Å². The minimum atomic E-state index is -0.644. The van der Waals surface area contributed by atoms with Crippen molar-refractivity contribution in [3.8, 4) is 0 Å². The molecule has 2 heterocycles. The van der Waals surface area contributed by atoms with Crippen molar-refractivity contribution in [3.63, 3.8) is 0 Å². The van der Waals surface area contributed by atoms with Crippen LogP contribution >= 0.6 is 0 Å². The zero-order valence-corrected chi connectivity index (χ0v) is 13.3. The first-order valence-electron chi connectivity index (χ1n) is 7.58. The molecule has 0 saturated carbocycles. The van der Waals surface area contributed by atoms with E-state index in [2.05, 4.69) is 11.0 Å². The maximum Gasteiger partial charge on any atom is 0.241 e. The van der Waals surface area contributed by atoms with Crippen LogP contribution in [0.25, 0.3) is 0 Å². The summed E-state index contributed by atoms with van der Waals surface area (Å²) >= 11 is 0. The highest BCUT2D eigenvalue weighted by molar-refractivity contribution is 7.85. The van der Waals surface area contributed by atoms with Gasteiger partial charge in [-0.1, -0.05) is 18.2 Å². The van der Waals surface area contributed by atoms with Crippen molar-refractivity contribution in [1.82, 2.24) is 4.90 Å². The fraction of sp³-hybridized carbons (Fsp3) is 0.562. The first-order valence-corrected chi connectivity index (χ1v) is 9.07. The van der Waals surface area contributed by atoms with Gasteiger partial charge in [0.05, 0.1) is 6.54 Å². The summed E-state index contributed by atoms with van der Waals surface area (Å²) in [6.45, 7) is 1.24. The van der Waals surface area contributed by atoms with Crippen molar-refractivity contribution < 1.29 is 9.00 Å². The third-order valence-electron chi connectivity index (χ3n) is 4.55. The van der Waals surface area contributed by atoms with E-state index in [4.69, 9.17) is 0 Å². The van der Waals surface area contributed by atoms with E-state index < -0.39 is 10.8 Å². The van der Waals surface area contributed by atoms with Crippen LogP contribution in [-0.4, -0.2) is 52.7 Å². The van der Waals surface area contributed by atoms with Crippen LogP contribution in [0, 0.1) is 0 Å². The molecule has 21 heavy (non-hydrogen) atoms. The second kappa shape index (κ2) is 6.28. The van der Waals surface area contributed by atoms with Crippen LogP contribution in [0.15, 0.2) is 24.3 Å². The number of hydrogen-bond donors (Lipinski definition) is 0. The van der Waals surface area contributed by atoms with E-state index in [9.17, 15) is 9.00 Å². The Morgan fingerprint density at radius 3 is 2.81 bits per heavy atom. The molecule has 5 heteroatoms. The van der Waals surface area contributed by atoms with E-state index in [0.29, 0.717) is 12.6 Å². The Hall–Kier alpha value is -1.20. The van der Waals surface area contributed by atoms with Crippen molar-refractivity contribution in [1.29, 1.82) is 0 Å². The van der Waals surface area contributed by atoms with E-state index in [0.717, 1.165) is 43.0 Å². The van der Waals surface area contributed by atoms with Crippen molar-refractivity contribution in [2.75, 3.05) is 36.5 Å². The molecule has 2 aliphatic heterocycles. The van der Waals surface area contributed by atoms with Crippen LogP contribution in [0.3, 0.4) is 0 Å². The Bertz CT molecular complexity index is 551. The molecule has 0 aliphatic carbocycles. The van der Waals surface area contributed by atoms with Gasteiger partial charge in [0.1, 0.15) is 0 Å². The first-order chi connectivity index (χ1) is 10.1. The molecule has 1 aromatic carbocycles. The Kier molecular flexibility index (Phi) is 4.40. The summed E-state index contributed by atoms with van der Waals surface area (Å²) in [7, 11) is 1.37. The molecule has 3 rings (SSSR count). The summed E-state index contributed by atoms with van der Waals surface area (Å²) in [6, 6.07) is 8.54. The molecule has 1 saturated heterocycles. The molecule has 1 aromatic rings. The van der Waals surface area contributed by atoms with Crippen molar-refractivity contribution >= 4 is 22.4 Å². The number of nitrogens with zero attached hydrogens (tertiary/aromatic N) is 2. The summed E-state index contributed by atoms with van der Waals surface area (Å²) in [5.74, 6) is 1.72.